The van der Waals surface area contributed by atoms with Crippen LogP contribution in [0.4, 0.5) is 0 Å². The molecule has 0 saturated heterocycles. The van der Waals surface area contributed by atoms with Crippen LogP contribution in [0.5, 0.6) is 0 Å². The van der Waals surface area contributed by atoms with Crippen LogP contribution in [0, 0.1) is 0 Å². The minimum absolute atomic E-state index is 0.299. The van der Waals surface area contributed by atoms with Crippen molar-refractivity contribution in [3.63, 3.8) is 0 Å². The Kier molecular flexibility index (Phi) is 16.5. The van der Waals surface area contributed by atoms with Crippen LogP contribution in [0.25, 0.3) is 0 Å². The van der Waals surface area contributed by atoms with Crippen LogP contribution in [0.2, 0.25) is 0 Å². The lowest BCUT2D eigenvalue weighted by molar-refractivity contribution is -0.166. The monoisotopic (exact) mass is 446 g/mol. The molecule has 0 aliphatic heterocycles. The van der Waals surface area contributed by atoms with Crippen molar-refractivity contribution in [3.8, 4) is 0 Å². The molecule has 4 nitrogen and oxygen atoms in total. The summed E-state index contributed by atoms with van der Waals surface area (Å²) in [6.07, 6.45) is 16.1. The molecule has 0 bridgehead atoms. The third-order valence-electron chi connectivity index (χ3n) is 6.20. The van der Waals surface area contributed by atoms with Crippen LogP contribution >= 0.6 is 0 Å². The average Bonchev–Trinajstić information content (AvgIpc) is 2.79. The van der Waals surface area contributed by atoms with E-state index in [0.717, 1.165) is 50.5 Å². The van der Waals surface area contributed by atoms with Gasteiger partial charge in [-0.05, 0) is 18.4 Å². The van der Waals surface area contributed by atoms with Gasteiger partial charge in [-0.3, -0.25) is 4.79 Å². The third-order valence-corrected chi connectivity index (χ3v) is 6.20. The fraction of sp³-hybridized carbons (Fsp3) is 0.714. The fourth-order valence-electron chi connectivity index (χ4n) is 4.25. The Morgan fingerprint density at radius 1 is 0.750 bits per heavy atom. The van der Waals surface area contributed by atoms with Crippen LogP contribution in [-0.4, -0.2) is 23.1 Å². The van der Waals surface area contributed by atoms with E-state index in [9.17, 15) is 14.7 Å². The summed E-state index contributed by atoms with van der Waals surface area (Å²) in [5.74, 6) is -1.74. The zero-order valence-electron chi connectivity index (χ0n) is 20.5. The number of rotatable bonds is 20. The van der Waals surface area contributed by atoms with Crippen LogP contribution < -0.4 is 0 Å². The van der Waals surface area contributed by atoms with Gasteiger partial charge in [-0.25, -0.2) is 4.79 Å². The van der Waals surface area contributed by atoms with Gasteiger partial charge in [0.2, 0.25) is 6.10 Å². The highest BCUT2D eigenvalue weighted by atomic mass is 16.6. The number of carboxylic acid groups (broad SMARTS) is 1. The molecular formula is C28H46O4. The number of unbranched alkanes of at least 4 members (excludes halogenated alkanes) is 12. The number of hydrogen-bond acceptors (Lipinski definition) is 3. The Morgan fingerprint density at radius 3 is 1.78 bits per heavy atom. The summed E-state index contributed by atoms with van der Waals surface area (Å²) in [5.41, 5.74) is 0.940. The molecule has 1 N–H and O–H groups in total. The van der Waals surface area contributed by atoms with Gasteiger partial charge in [0, 0.05) is 12.3 Å². The highest BCUT2D eigenvalue weighted by Gasteiger charge is 2.32. The van der Waals surface area contributed by atoms with Gasteiger partial charge < -0.3 is 9.84 Å². The molecule has 4 heteroatoms. The van der Waals surface area contributed by atoms with Crippen molar-refractivity contribution in [2.45, 2.75) is 129 Å². The molecule has 1 rings (SSSR count). The molecule has 2 unspecified atom stereocenters. The summed E-state index contributed by atoms with van der Waals surface area (Å²) >= 11 is 0. The minimum atomic E-state index is -1.12. The second kappa shape index (κ2) is 18.7. The number of carbonyl (C=O) groups excluding carboxylic acids is 1. The van der Waals surface area contributed by atoms with E-state index in [0.29, 0.717) is 6.42 Å². The first-order valence-corrected chi connectivity index (χ1v) is 13.1. The van der Waals surface area contributed by atoms with Gasteiger partial charge in [0.1, 0.15) is 0 Å². The lowest BCUT2D eigenvalue weighted by atomic mass is 9.88. The van der Waals surface area contributed by atoms with Gasteiger partial charge in [0.15, 0.2) is 0 Å². The molecule has 0 heterocycles. The number of ether oxygens (including phenoxy) is 1. The van der Waals surface area contributed by atoms with Crippen LogP contribution in [0.15, 0.2) is 30.3 Å². The third kappa shape index (κ3) is 12.9. The first kappa shape index (κ1) is 28.2. The summed E-state index contributed by atoms with van der Waals surface area (Å²) in [7, 11) is 0. The van der Waals surface area contributed by atoms with Gasteiger partial charge in [-0.15, -0.1) is 0 Å². The lowest BCUT2D eigenvalue weighted by Crippen LogP contribution is -2.33. The molecule has 182 valence electrons. The fourth-order valence-corrected chi connectivity index (χ4v) is 4.25. The quantitative estimate of drug-likeness (QED) is 0.162. The highest BCUT2D eigenvalue weighted by Crippen LogP contribution is 2.29. The molecule has 0 spiro atoms. The van der Waals surface area contributed by atoms with E-state index in [4.69, 9.17) is 4.74 Å². The average molecular weight is 447 g/mol. The van der Waals surface area contributed by atoms with Gasteiger partial charge in [-0.1, -0.05) is 128 Å². The summed E-state index contributed by atoms with van der Waals surface area (Å²) in [4.78, 5) is 24.4. The van der Waals surface area contributed by atoms with Crippen molar-refractivity contribution in [2.75, 3.05) is 0 Å². The molecule has 0 fully saturated rings. The van der Waals surface area contributed by atoms with Crippen molar-refractivity contribution in [2.24, 2.45) is 0 Å². The van der Waals surface area contributed by atoms with E-state index in [1.807, 2.05) is 30.3 Å². The zero-order valence-corrected chi connectivity index (χ0v) is 20.5. The molecule has 0 aromatic heterocycles. The van der Waals surface area contributed by atoms with E-state index in [-0.39, 0.29) is 11.9 Å². The zero-order chi connectivity index (χ0) is 23.4. The van der Waals surface area contributed by atoms with Gasteiger partial charge >= 0.3 is 11.9 Å². The smallest absolute Gasteiger partial charge is 0.345 e. The Balaban J connectivity index is 2.56. The van der Waals surface area contributed by atoms with Gasteiger partial charge in [0.25, 0.3) is 0 Å². The van der Waals surface area contributed by atoms with E-state index >= 15 is 0 Å². The van der Waals surface area contributed by atoms with Crippen molar-refractivity contribution in [1.29, 1.82) is 0 Å². The van der Waals surface area contributed by atoms with Gasteiger partial charge in [0.05, 0.1) is 0 Å². The maximum Gasteiger partial charge on any atom is 0.345 e. The van der Waals surface area contributed by atoms with Crippen LogP contribution in [0.3, 0.4) is 0 Å². The second-order valence-corrected chi connectivity index (χ2v) is 9.05. The number of carbonyl (C=O) groups is 2. The summed E-state index contributed by atoms with van der Waals surface area (Å²) in [5, 5.41) is 9.86. The predicted octanol–water partition coefficient (Wildman–Crippen LogP) is 8.05. The molecule has 1 aromatic rings. The lowest BCUT2D eigenvalue weighted by Gasteiger charge is -2.24. The number of carboxylic acids is 1. The minimum Gasteiger partial charge on any atom is -0.478 e. The molecule has 2 atom stereocenters. The highest BCUT2D eigenvalue weighted by molar-refractivity contribution is 5.79. The number of hydrogen-bond donors (Lipinski definition) is 1. The first-order chi connectivity index (χ1) is 15.6. The standard InChI is InChI=1S/C28H46O4/c1-3-5-7-9-10-11-12-14-18-22-25(24-20-16-15-17-21-24)27(28(30)31)32-26(29)23-19-13-8-6-4-2/h15-17,20-21,25,27H,3-14,18-19,22-23H2,1-2H3,(H,30,31). The van der Waals surface area contributed by atoms with E-state index in [2.05, 4.69) is 13.8 Å². The molecular weight excluding hydrogens is 400 g/mol. The summed E-state index contributed by atoms with van der Waals surface area (Å²) in [6, 6.07) is 9.68. The predicted molar refractivity (Wildman–Crippen MR) is 132 cm³/mol. The van der Waals surface area contributed by atoms with E-state index in [1.165, 1.54) is 51.4 Å². The number of benzene rings is 1. The Bertz CT molecular complexity index is 599. The molecule has 0 saturated carbocycles. The maximum absolute atomic E-state index is 12.4. The largest absolute Gasteiger partial charge is 0.478 e. The number of aliphatic carboxylic acids is 1. The Morgan fingerprint density at radius 2 is 1.25 bits per heavy atom. The molecule has 0 aliphatic rings. The molecule has 0 aliphatic carbocycles. The van der Waals surface area contributed by atoms with Crippen LogP contribution in [-0.2, 0) is 14.3 Å². The van der Waals surface area contributed by atoms with Crippen molar-refractivity contribution in [3.05, 3.63) is 35.9 Å². The van der Waals surface area contributed by atoms with Crippen molar-refractivity contribution in [1.82, 2.24) is 0 Å². The Hall–Kier alpha value is -1.84. The second-order valence-electron chi connectivity index (χ2n) is 9.05. The van der Waals surface area contributed by atoms with E-state index in [1.54, 1.807) is 0 Å². The van der Waals surface area contributed by atoms with Crippen molar-refractivity contribution >= 4 is 11.9 Å². The summed E-state index contributed by atoms with van der Waals surface area (Å²) in [6.45, 7) is 4.39. The van der Waals surface area contributed by atoms with Gasteiger partial charge in [-0.2, -0.15) is 0 Å². The molecule has 0 amide bonds. The maximum atomic E-state index is 12.4. The molecule has 32 heavy (non-hydrogen) atoms. The van der Waals surface area contributed by atoms with Crippen molar-refractivity contribution < 1.29 is 19.4 Å². The molecule has 0 radical (unpaired) electrons. The SMILES string of the molecule is CCCCCCCCCCCC(c1ccccc1)C(OC(=O)CCCCCCC)C(=O)O. The normalized spacial score (nSPS) is 12.9. The Labute approximate surface area is 196 Å². The first-order valence-electron chi connectivity index (χ1n) is 13.1. The molecule has 1 aromatic carbocycles. The summed E-state index contributed by atoms with van der Waals surface area (Å²) < 4.78 is 5.53. The topological polar surface area (TPSA) is 63.6 Å². The number of esters is 1. The van der Waals surface area contributed by atoms with E-state index < -0.39 is 12.1 Å². The van der Waals surface area contributed by atoms with Crippen LogP contribution in [0.1, 0.15) is 128 Å².